The largest absolute Gasteiger partial charge is 0.314 e. The number of nitrogens with zero attached hydrogens (tertiary/aromatic N) is 2. The van der Waals surface area contributed by atoms with Gasteiger partial charge in [0.2, 0.25) is 0 Å². The van der Waals surface area contributed by atoms with Gasteiger partial charge in [0.05, 0.1) is 0 Å². The van der Waals surface area contributed by atoms with Gasteiger partial charge in [-0.05, 0) is 56.0 Å². The molecule has 1 aromatic heterocycles. The van der Waals surface area contributed by atoms with Gasteiger partial charge in [-0.1, -0.05) is 13.8 Å². The van der Waals surface area contributed by atoms with Crippen LogP contribution in [0.25, 0.3) is 0 Å². The zero-order chi connectivity index (χ0) is 13.7. The zero-order valence-corrected chi connectivity index (χ0v) is 12.5. The van der Waals surface area contributed by atoms with E-state index in [0.717, 1.165) is 19.0 Å². The van der Waals surface area contributed by atoms with E-state index in [2.05, 4.69) is 42.0 Å². The highest BCUT2D eigenvalue weighted by Crippen LogP contribution is 2.19. The van der Waals surface area contributed by atoms with E-state index in [1.807, 2.05) is 12.4 Å². The number of aromatic nitrogens is 1. The van der Waals surface area contributed by atoms with Crippen LogP contribution in [0.1, 0.15) is 37.8 Å². The first-order chi connectivity index (χ1) is 9.20. The Hall–Kier alpha value is -0.930. The van der Waals surface area contributed by atoms with Crippen molar-refractivity contribution in [2.75, 3.05) is 19.6 Å². The minimum Gasteiger partial charge on any atom is -0.314 e. The summed E-state index contributed by atoms with van der Waals surface area (Å²) in [5.74, 6) is 0.738. The topological polar surface area (TPSA) is 28.2 Å². The summed E-state index contributed by atoms with van der Waals surface area (Å²) in [6, 6.07) is 2.86. The van der Waals surface area contributed by atoms with Crippen LogP contribution in [0.4, 0.5) is 0 Å². The van der Waals surface area contributed by atoms with Crippen LogP contribution in [-0.4, -0.2) is 35.6 Å². The normalized spacial score (nSPS) is 24.6. The number of likely N-dealkylation sites (tertiary alicyclic amines) is 1. The highest BCUT2D eigenvalue weighted by atomic mass is 15.1. The van der Waals surface area contributed by atoms with Crippen molar-refractivity contribution in [3.63, 3.8) is 0 Å². The number of nitrogens with one attached hydrogen (secondary N) is 1. The Kier molecular flexibility index (Phi) is 5.34. The molecule has 0 aromatic carbocycles. The summed E-state index contributed by atoms with van der Waals surface area (Å²) < 4.78 is 0. The maximum atomic E-state index is 4.17. The molecule has 2 atom stereocenters. The van der Waals surface area contributed by atoms with Crippen molar-refractivity contribution < 1.29 is 0 Å². The quantitative estimate of drug-likeness (QED) is 0.883. The Morgan fingerprint density at radius 1 is 1.47 bits per heavy atom. The summed E-state index contributed by atoms with van der Waals surface area (Å²) in [5, 5.41) is 3.68. The van der Waals surface area contributed by atoms with Crippen LogP contribution in [0.15, 0.2) is 18.5 Å². The van der Waals surface area contributed by atoms with E-state index in [1.54, 1.807) is 0 Å². The van der Waals surface area contributed by atoms with Crippen molar-refractivity contribution in [2.45, 2.75) is 46.2 Å². The maximum absolute atomic E-state index is 4.17. The summed E-state index contributed by atoms with van der Waals surface area (Å²) in [7, 11) is 0. The molecule has 1 fully saturated rings. The van der Waals surface area contributed by atoms with E-state index < -0.39 is 0 Å². The second kappa shape index (κ2) is 7.01. The van der Waals surface area contributed by atoms with Crippen molar-refractivity contribution >= 4 is 0 Å². The van der Waals surface area contributed by atoms with Crippen LogP contribution in [-0.2, 0) is 6.54 Å². The van der Waals surface area contributed by atoms with Gasteiger partial charge in [0.25, 0.3) is 0 Å². The molecule has 19 heavy (non-hydrogen) atoms. The fourth-order valence-electron chi connectivity index (χ4n) is 2.93. The highest BCUT2D eigenvalue weighted by molar-refractivity contribution is 5.21. The second-order valence-electron chi connectivity index (χ2n) is 5.86. The van der Waals surface area contributed by atoms with Crippen LogP contribution in [0.2, 0.25) is 0 Å². The molecule has 1 aromatic rings. The van der Waals surface area contributed by atoms with Gasteiger partial charge in [0, 0.05) is 31.5 Å². The molecule has 106 valence electrons. The van der Waals surface area contributed by atoms with Gasteiger partial charge in [-0.25, -0.2) is 0 Å². The molecule has 0 spiro atoms. The third kappa shape index (κ3) is 4.02. The second-order valence-corrected chi connectivity index (χ2v) is 5.86. The molecule has 1 saturated heterocycles. The Balaban J connectivity index is 1.86. The van der Waals surface area contributed by atoms with E-state index in [-0.39, 0.29) is 0 Å². The van der Waals surface area contributed by atoms with Crippen LogP contribution >= 0.6 is 0 Å². The van der Waals surface area contributed by atoms with E-state index in [4.69, 9.17) is 0 Å². The highest BCUT2D eigenvalue weighted by Gasteiger charge is 2.25. The zero-order valence-electron chi connectivity index (χ0n) is 12.5. The monoisotopic (exact) mass is 261 g/mol. The van der Waals surface area contributed by atoms with Gasteiger partial charge < -0.3 is 5.32 Å². The molecule has 0 radical (unpaired) electrons. The van der Waals surface area contributed by atoms with Crippen LogP contribution in [0.3, 0.4) is 0 Å². The number of aryl methyl sites for hydroxylation is 1. The van der Waals surface area contributed by atoms with Crippen molar-refractivity contribution in [1.82, 2.24) is 15.2 Å². The average molecular weight is 261 g/mol. The first kappa shape index (κ1) is 14.5. The molecule has 0 saturated carbocycles. The first-order valence-corrected chi connectivity index (χ1v) is 7.56. The van der Waals surface area contributed by atoms with E-state index in [0.29, 0.717) is 6.04 Å². The summed E-state index contributed by atoms with van der Waals surface area (Å²) in [5.41, 5.74) is 2.73. The molecule has 0 amide bonds. The van der Waals surface area contributed by atoms with Gasteiger partial charge in [0.15, 0.2) is 0 Å². The minimum atomic E-state index is 0.703. The van der Waals surface area contributed by atoms with Gasteiger partial charge in [-0.15, -0.1) is 0 Å². The van der Waals surface area contributed by atoms with E-state index in [9.17, 15) is 0 Å². The van der Waals surface area contributed by atoms with Crippen molar-refractivity contribution in [3.05, 3.63) is 29.6 Å². The number of pyridine rings is 1. The number of hydrogen-bond donors (Lipinski definition) is 1. The Morgan fingerprint density at radius 2 is 2.32 bits per heavy atom. The predicted octanol–water partition coefficient (Wildman–Crippen LogP) is 2.60. The molecule has 1 aliphatic rings. The predicted molar refractivity (Wildman–Crippen MR) is 80.1 cm³/mol. The number of piperidine rings is 1. The lowest BCUT2D eigenvalue weighted by Gasteiger charge is -2.37. The first-order valence-electron chi connectivity index (χ1n) is 7.56. The Bertz CT molecular complexity index is 391. The lowest BCUT2D eigenvalue weighted by atomic mass is 9.93. The van der Waals surface area contributed by atoms with Crippen molar-refractivity contribution in [2.24, 2.45) is 5.92 Å². The maximum Gasteiger partial charge on any atom is 0.0300 e. The van der Waals surface area contributed by atoms with Crippen molar-refractivity contribution in [3.8, 4) is 0 Å². The van der Waals surface area contributed by atoms with Crippen LogP contribution < -0.4 is 5.32 Å². The number of hydrogen-bond acceptors (Lipinski definition) is 3. The summed E-state index contributed by atoms with van der Waals surface area (Å²) in [6.07, 6.45) is 6.37. The fraction of sp³-hybridized carbons (Fsp3) is 0.688. The molecule has 3 nitrogen and oxygen atoms in total. The van der Waals surface area contributed by atoms with E-state index >= 15 is 0 Å². The average Bonchev–Trinajstić information content (AvgIpc) is 2.40. The van der Waals surface area contributed by atoms with Gasteiger partial charge in [-0.2, -0.15) is 0 Å². The molecule has 0 bridgehead atoms. The molecule has 2 rings (SSSR count). The third-order valence-corrected chi connectivity index (χ3v) is 4.18. The molecule has 3 heteroatoms. The summed E-state index contributed by atoms with van der Waals surface area (Å²) >= 11 is 0. The summed E-state index contributed by atoms with van der Waals surface area (Å²) in [4.78, 5) is 6.75. The SMILES string of the molecule is CCCNC1CCN(Cc2ccncc2C)CC1C. The lowest BCUT2D eigenvalue weighted by molar-refractivity contribution is 0.141. The Morgan fingerprint density at radius 3 is 3.00 bits per heavy atom. The fourth-order valence-corrected chi connectivity index (χ4v) is 2.93. The standard InChI is InChI=1S/C16H27N3/c1-4-7-18-16-6-9-19(11-14(16)3)12-15-5-8-17-10-13(15)2/h5,8,10,14,16,18H,4,6-7,9,11-12H2,1-3H3. The van der Waals surface area contributed by atoms with Gasteiger partial charge in [-0.3, -0.25) is 9.88 Å². The molecular formula is C16H27N3. The lowest BCUT2D eigenvalue weighted by Crippen LogP contribution is -2.48. The minimum absolute atomic E-state index is 0.703. The van der Waals surface area contributed by atoms with Gasteiger partial charge in [0.1, 0.15) is 0 Å². The van der Waals surface area contributed by atoms with Gasteiger partial charge >= 0.3 is 0 Å². The van der Waals surface area contributed by atoms with Crippen LogP contribution in [0, 0.1) is 12.8 Å². The van der Waals surface area contributed by atoms with Crippen LogP contribution in [0.5, 0.6) is 0 Å². The van der Waals surface area contributed by atoms with E-state index in [1.165, 1.54) is 37.1 Å². The molecule has 1 aliphatic heterocycles. The molecule has 1 N–H and O–H groups in total. The summed E-state index contributed by atoms with van der Waals surface area (Å²) in [6.45, 7) is 11.4. The molecular weight excluding hydrogens is 234 g/mol. The smallest absolute Gasteiger partial charge is 0.0300 e. The number of rotatable bonds is 5. The Labute approximate surface area is 117 Å². The van der Waals surface area contributed by atoms with Crippen molar-refractivity contribution in [1.29, 1.82) is 0 Å². The molecule has 2 unspecified atom stereocenters. The molecule has 0 aliphatic carbocycles. The third-order valence-electron chi connectivity index (χ3n) is 4.18. The molecule has 2 heterocycles.